The van der Waals surface area contributed by atoms with E-state index < -0.39 is 0 Å². The Morgan fingerprint density at radius 1 is 1.07 bits per heavy atom. The van der Waals surface area contributed by atoms with E-state index in [1.165, 1.54) is 11.8 Å². The van der Waals surface area contributed by atoms with Gasteiger partial charge in [-0.15, -0.1) is 5.10 Å². The summed E-state index contributed by atoms with van der Waals surface area (Å²) in [7, 11) is 0. The van der Waals surface area contributed by atoms with Crippen molar-refractivity contribution < 1.29 is 9.59 Å². The summed E-state index contributed by atoms with van der Waals surface area (Å²) >= 11 is 1.47. The summed E-state index contributed by atoms with van der Waals surface area (Å²) in [6, 6.07) is 0.113. The van der Waals surface area contributed by atoms with Crippen LogP contribution < -0.4 is 0 Å². The van der Waals surface area contributed by atoms with Gasteiger partial charge in [0.1, 0.15) is 0 Å². The van der Waals surface area contributed by atoms with Crippen molar-refractivity contribution in [1.29, 1.82) is 0 Å². The van der Waals surface area contributed by atoms with Crippen molar-refractivity contribution in [3.05, 3.63) is 17.0 Å². The highest BCUT2D eigenvalue weighted by Gasteiger charge is 2.36. The van der Waals surface area contributed by atoms with Gasteiger partial charge in [0.15, 0.2) is 0 Å². The highest BCUT2D eigenvalue weighted by Crippen LogP contribution is 2.23. The molecule has 1 aliphatic heterocycles. The Labute approximate surface area is 176 Å². The van der Waals surface area contributed by atoms with Gasteiger partial charge < -0.3 is 9.80 Å². The molecular formula is C20H30N6O2S. The summed E-state index contributed by atoms with van der Waals surface area (Å²) in [4.78, 5) is 38.2. The van der Waals surface area contributed by atoms with Crippen molar-refractivity contribution in [2.75, 3.05) is 19.3 Å². The van der Waals surface area contributed by atoms with E-state index >= 15 is 0 Å². The first-order valence-electron chi connectivity index (χ1n) is 10.1. The third-order valence-corrected chi connectivity index (χ3v) is 6.44. The van der Waals surface area contributed by atoms with Crippen LogP contribution in [-0.4, -0.2) is 72.6 Å². The van der Waals surface area contributed by atoms with Crippen molar-refractivity contribution in [2.24, 2.45) is 0 Å². The Morgan fingerprint density at radius 2 is 1.69 bits per heavy atom. The molecule has 2 atom stereocenters. The van der Waals surface area contributed by atoms with Gasteiger partial charge in [-0.2, -0.15) is 4.98 Å². The minimum absolute atomic E-state index is 0.0426. The van der Waals surface area contributed by atoms with Crippen LogP contribution in [0.3, 0.4) is 0 Å². The largest absolute Gasteiger partial charge is 0.336 e. The van der Waals surface area contributed by atoms with Gasteiger partial charge in [0, 0.05) is 49.0 Å². The number of nitrogens with zero attached hydrogens (tertiary/aromatic N) is 6. The molecular weight excluding hydrogens is 388 g/mol. The standard InChI is InChI=1S/C20H30N6O2S/c1-7-15-11-25(16(8-2)10-24(15)14(5)27)18(28)9-17-12(3)21-19-22-20(29-6)23-26(19)13(17)4/h15-16H,7-11H2,1-6H3/t15-,16-/m1/s1. The van der Waals surface area contributed by atoms with Gasteiger partial charge in [-0.05, 0) is 32.9 Å². The van der Waals surface area contributed by atoms with Crippen LogP contribution in [0.2, 0.25) is 0 Å². The summed E-state index contributed by atoms with van der Waals surface area (Å²) in [6.45, 7) is 10.8. The summed E-state index contributed by atoms with van der Waals surface area (Å²) in [5.41, 5.74) is 2.61. The van der Waals surface area contributed by atoms with Crippen LogP contribution in [0.25, 0.3) is 5.78 Å². The molecule has 0 radical (unpaired) electrons. The molecule has 158 valence electrons. The molecule has 0 N–H and O–H groups in total. The Bertz CT molecular complexity index is 927. The number of piperazine rings is 1. The molecule has 1 aliphatic rings. The first-order chi connectivity index (χ1) is 13.8. The average Bonchev–Trinajstić information content (AvgIpc) is 3.12. The van der Waals surface area contributed by atoms with E-state index in [0.717, 1.165) is 29.8 Å². The second-order valence-corrected chi connectivity index (χ2v) is 8.36. The molecule has 0 bridgehead atoms. The number of thioether (sulfide) groups is 1. The molecule has 2 aromatic rings. The number of hydrogen-bond acceptors (Lipinski definition) is 6. The number of carbonyl (C=O) groups excluding carboxylic acids is 2. The first-order valence-corrected chi connectivity index (χ1v) is 11.4. The lowest BCUT2D eigenvalue weighted by Gasteiger charge is -2.46. The van der Waals surface area contributed by atoms with E-state index in [9.17, 15) is 9.59 Å². The molecule has 3 rings (SSSR count). The minimum Gasteiger partial charge on any atom is -0.336 e. The number of amides is 2. The fourth-order valence-corrected chi connectivity index (χ4v) is 4.46. The third-order valence-electron chi connectivity index (χ3n) is 5.90. The SMILES string of the molecule is CC[C@@H]1CN(C(=O)Cc2c(C)nc3nc(SC)nn3c2C)[C@H](CC)CN1C(C)=O. The fourth-order valence-electron chi connectivity index (χ4n) is 4.12. The number of fused-ring (bicyclic) bond motifs is 1. The number of aromatic nitrogens is 4. The van der Waals surface area contributed by atoms with Gasteiger partial charge in [-0.3, -0.25) is 9.59 Å². The van der Waals surface area contributed by atoms with E-state index in [-0.39, 0.29) is 30.3 Å². The predicted octanol–water partition coefficient (Wildman–Crippen LogP) is 2.25. The van der Waals surface area contributed by atoms with Crippen LogP contribution in [-0.2, 0) is 16.0 Å². The van der Waals surface area contributed by atoms with Gasteiger partial charge >= 0.3 is 0 Å². The maximum Gasteiger partial charge on any atom is 0.253 e. The molecule has 0 aliphatic carbocycles. The van der Waals surface area contributed by atoms with Crippen molar-refractivity contribution in [2.45, 2.75) is 71.1 Å². The van der Waals surface area contributed by atoms with Gasteiger partial charge in [-0.25, -0.2) is 9.50 Å². The average molecular weight is 419 g/mol. The normalized spacial score (nSPS) is 19.8. The Morgan fingerprint density at radius 3 is 2.28 bits per heavy atom. The fraction of sp³-hybridized carbons (Fsp3) is 0.650. The molecule has 2 amide bonds. The monoisotopic (exact) mass is 418 g/mol. The number of carbonyl (C=O) groups is 2. The zero-order valence-corrected chi connectivity index (χ0v) is 18.9. The van der Waals surface area contributed by atoms with E-state index in [4.69, 9.17) is 0 Å². The van der Waals surface area contributed by atoms with Crippen molar-refractivity contribution >= 4 is 29.4 Å². The summed E-state index contributed by atoms with van der Waals surface area (Å²) in [5.74, 6) is 0.726. The lowest BCUT2D eigenvalue weighted by molar-refractivity contribution is -0.145. The van der Waals surface area contributed by atoms with E-state index in [1.54, 1.807) is 11.4 Å². The molecule has 1 fully saturated rings. The smallest absolute Gasteiger partial charge is 0.253 e. The molecule has 2 aromatic heterocycles. The van der Waals surface area contributed by atoms with Gasteiger partial charge in [0.2, 0.25) is 17.0 Å². The van der Waals surface area contributed by atoms with E-state index in [0.29, 0.717) is 24.0 Å². The number of aryl methyl sites for hydroxylation is 2. The second kappa shape index (κ2) is 8.69. The van der Waals surface area contributed by atoms with Crippen molar-refractivity contribution in [3.8, 4) is 0 Å². The minimum atomic E-state index is 0.0426. The highest BCUT2D eigenvalue weighted by molar-refractivity contribution is 7.98. The van der Waals surface area contributed by atoms with Gasteiger partial charge in [0.25, 0.3) is 5.78 Å². The Hall–Kier alpha value is -2.16. The Balaban J connectivity index is 1.88. The maximum absolute atomic E-state index is 13.3. The summed E-state index contributed by atoms with van der Waals surface area (Å²) < 4.78 is 1.72. The molecule has 8 nitrogen and oxygen atoms in total. The molecule has 29 heavy (non-hydrogen) atoms. The molecule has 3 heterocycles. The molecule has 1 saturated heterocycles. The van der Waals surface area contributed by atoms with Crippen LogP contribution >= 0.6 is 11.8 Å². The quantitative estimate of drug-likeness (QED) is 0.693. The van der Waals surface area contributed by atoms with Crippen LogP contribution in [0.1, 0.15) is 50.6 Å². The highest BCUT2D eigenvalue weighted by atomic mass is 32.2. The maximum atomic E-state index is 13.3. The van der Waals surface area contributed by atoms with E-state index in [1.807, 2.05) is 29.9 Å². The number of hydrogen-bond donors (Lipinski definition) is 0. The van der Waals surface area contributed by atoms with Crippen molar-refractivity contribution in [3.63, 3.8) is 0 Å². The summed E-state index contributed by atoms with van der Waals surface area (Å²) in [5, 5.41) is 5.14. The number of rotatable bonds is 5. The lowest BCUT2D eigenvalue weighted by Crippen LogP contribution is -2.60. The van der Waals surface area contributed by atoms with Gasteiger partial charge in [-0.1, -0.05) is 25.6 Å². The van der Waals surface area contributed by atoms with Crippen LogP contribution in [0.4, 0.5) is 0 Å². The van der Waals surface area contributed by atoms with Crippen LogP contribution in [0.5, 0.6) is 0 Å². The zero-order chi connectivity index (χ0) is 21.3. The molecule has 0 saturated carbocycles. The van der Waals surface area contributed by atoms with Crippen LogP contribution in [0, 0.1) is 13.8 Å². The molecule has 0 unspecified atom stereocenters. The zero-order valence-electron chi connectivity index (χ0n) is 18.1. The molecule has 9 heteroatoms. The topological polar surface area (TPSA) is 83.7 Å². The van der Waals surface area contributed by atoms with Gasteiger partial charge in [0.05, 0.1) is 6.42 Å². The second-order valence-electron chi connectivity index (χ2n) is 7.59. The van der Waals surface area contributed by atoms with Crippen molar-refractivity contribution in [1.82, 2.24) is 29.4 Å². The van der Waals surface area contributed by atoms with Crippen LogP contribution in [0.15, 0.2) is 5.16 Å². The predicted molar refractivity (Wildman–Crippen MR) is 113 cm³/mol. The molecule has 0 aromatic carbocycles. The first kappa shape index (κ1) is 21.5. The van der Waals surface area contributed by atoms with E-state index in [2.05, 4.69) is 28.9 Å². The Kier molecular flexibility index (Phi) is 6.45. The molecule has 0 spiro atoms. The third kappa shape index (κ3) is 4.10. The lowest BCUT2D eigenvalue weighted by atomic mass is 10.00. The summed E-state index contributed by atoms with van der Waals surface area (Å²) in [6.07, 6.45) is 3.86.